The first-order valence-electron chi connectivity index (χ1n) is 5.96. The normalized spacial score (nSPS) is 10.8. The molecule has 0 fully saturated rings. The van der Waals surface area contributed by atoms with Crippen LogP contribution in [0.3, 0.4) is 0 Å². The van der Waals surface area contributed by atoms with Gasteiger partial charge in [-0.1, -0.05) is 11.8 Å². The van der Waals surface area contributed by atoms with Crippen LogP contribution in [0.15, 0.2) is 18.2 Å². The van der Waals surface area contributed by atoms with Crippen molar-refractivity contribution in [2.24, 2.45) is 0 Å². The van der Waals surface area contributed by atoms with E-state index in [2.05, 4.69) is 11.8 Å². The first-order valence-corrected chi connectivity index (χ1v) is 5.96. The number of aliphatic hydroxyl groups is 1. The molecule has 1 aromatic carbocycles. The average Bonchev–Trinajstić information content (AvgIpc) is 2.41. The molecule has 0 aromatic heterocycles. The zero-order valence-electron chi connectivity index (χ0n) is 11.2. The molecule has 0 aliphatic heterocycles. The minimum absolute atomic E-state index is 0.138. The first-order chi connectivity index (χ1) is 9.74. The monoisotopic (exact) mass is 303 g/mol. The predicted molar refractivity (Wildman–Crippen MR) is 68.0 cm³/mol. The Kier molecular flexibility index (Phi) is 5.73. The van der Waals surface area contributed by atoms with Crippen molar-refractivity contribution in [3.63, 3.8) is 0 Å². The highest BCUT2D eigenvalue weighted by Gasteiger charge is 2.28. The zero-order chi connectivity index (χ0) is 16.0. The molecule has 0 aliphatic rings. The van der Waals surface area contributed by atoms with E-state index in [-0.39, 0.29) is 11.1 Å². The average molecular weight is 303 g/mol. The number of hydrogen-bond donors (Lipinski definition) is 1. The first kappa shape index (κ1) is 17.0. The minimum Gasteiger partial charge on any atom is -0.384 e. The lowest BCUT2D eigenvalue weighted by molar-refractivity contribution is -0.136. The molecule has 0 unspecified atom stereocenters. The third kappa shape index (κ3) is 5.44. The minimum atomic E-state index is -4.38. The molecule has 114 valence electrons. The Bertz CT molecular complexity index is 573. The molecular weight excluding hydrogens is 290 g/mol. The number of alkyl halides is 3. The third-order valence-electron chi connectivity index (χ3n) is 2.59. The number of rotatable bonds is 3. The number of aliphatic hydroxyl groups excluding tert-OH is 1. The Labute approximate surface area is 119 Å². The molecule has 1 aromatic rings. The Morgan fingerprint density at radius 1 is 1.38 bits per heavy atom. The lowest BCUT2D eigenvalue weighted by Gasteiger charge is -2.19. The van der Waals surface area contributed by atoms with Gasteiger partial charge >= 0.3 is 6.18 Å². The smallest absolute Gasteiger partial charge is 0.384 e. The number of benzene rings is 1. The van der Waals surface area contributed by atoms with Gasteiger partial charge in [0, 0.05) is 19.2 Å². The highest BCUT2D eigenvalue weighted by molar-refractivity contribution is 5.96. The van der Waals surface area contributed by atoms with Crippen LogP contribution in [0, 0.1) is 17.7 Å². The second kappa shape index (κ2) is 7.09. The van der Waals surface area contributed by atoms with E-state index in [4.69, 9.17) is 5.11 Å². The molecule has 1 amide bonds. The van der Waals surface area contributed by atoms with Crippen molar-refractivity contribution in [3.05, 3.63) is 35.1 Å². The van der Waals surface area contributed by atoms with Gasteiger partial charge in [-0.05, 0) is 18.2 Å². The molecule has 0 spiro atoms. The van der Waals surface area contributed by atoms with Gasteiger partial charge in [-0.2, -0.15) is 13.2 Å². The van der Waals surface area contributed by atoms with Gasteiger partial charge < -0.3 is 10.0 Å². The van der Waals surface area contributed by atoms with Gasteiger partial charge in [-0.3, -0.25) is 4.79 Å². The van der Waals surface area contributed by atoms with Gasteiger partial charge in [0.25, 0.3) is 5.91 Å². The largest absolute Gasteiger partial charge is 0.390 e. The molecular formula is C14H13F4NO2. The van der Waals surface area contributed by atoms with E-state index in [1.807, 2.05) is 0 Å². The SMILES string of the molecule is CN(CCC(F)(F)F)C(=O)c1cc(F)ccc1C#CCO. The van der Waals surface area contributed by atoms with Gasteiger partial charge in [0.1, 0.15) is 12.4 Å². The van der Waals surface area contributed by atoms with Crippen molar-refractivity contribution in [2.75, 3.05) is 20.2 Å². The van der Waals surface area contributed by atoms with E-state index >= 15 is 0 Å². The summed E-state index contributed by atoms with van der Waals surface area (Å²) < 4.78 is 49.7. The summed E-state index contributed by atoms with van der Waals surface area (Å²) in [5.41, 5.74) is 0.00920. The topological polar surface area (TPSA) is 40.5 Å². The van der Waals surface area contributed by atoms with Crippen molar-refractivity contribution in [1.29, 1.82) is 0 Å². The third-order valence-corrected chi connectivity index (χ3v) is 2.59. The van der Waals surface area contributed by atoms with Crippen LogP contribution >= 0.6 is 0 Å². The summed E-state index contributed by atoms with van der Waals surface area (Å²) in [4.78, 5) is 12.9. The fraction of sp³-hybridized carbons (Fsp3) is 0.357. The van der Waals surface area contributed by atoms with Gasteiger partial charge in [0.15, 0.2) is 0 Å². The van der Waals surface area contributed by atoms with E-state index < -0.39 is 37.5 Å². The summed E-state index contributed by atoms with van der Waals surface area (Å²) in [5, 5.41) is 8.63. The van der Waals surface area contributed by atoms with Crippen LogP contribution in [-0.4, -0.2) is 42.3 Å². The molecule has 0 saturated carbocycles. The van der Waals surface area contributed by atoms with Crippen LogP contribution in [0.5, 0.6) is 0 Å². The second-order valence-electron chi connectivity index (χ2n) is 4.24. The van der Waals surface area contributed by atoms with Crippen LogP contribution in [0.4, 0.5) is 17.6 Å². The molecule has 0 radical (unpaired) electrons. The predicted octanol–water partition coefficient (Wildman–Crippen LogP) is 2.19. The van der Waals surface area contributed by atoms with Crippen LogP contribution in [0.2, 0.25) is 0 Å². The number of carbonyl (C=O) groups excluding carboxylic acids is 1. The van der Waals surface area contributed by atoms with Gasteiger partial charge in [-0.15, -0.1) is 0 Å². The molecule has 0 heterocycles. The van der Waals surface area contributed by atoms with Crippen LogP contribution in [-0.2, 0) is 0 Å². The van der Waals surface area contributed by atoms with Gasteiger partial charge in [0.2, 0.25) is 0 Å². The molecule has 7 heteroatoms. The maximum Gasteiger partial charge on any atom is 0.390 e. The maximum absolute atomic E-state index is 13.2. The Balaban J connectivity index is 2.97. The highest BCUT2D eigenvalue weighted by Crippen LogP contribution is 2.20. The standard InChI is InChI=1S/C14H13F4NO2/c1-19(7-6-14(16,17)18)13(21)12-9-11(15)5-4-10(12)3-2-8-20/h4-5,9,20H,6-8H2,1H3. The van der Waals surface area contributed by atoms with E-state index in [0.717, 1.165) is 17.0 Å². The molecule has 0 aliphatic carbocycles. The van der Waals surface area contributed by atoms with Crippen molar-refractivity contribution in [3.8, 4) is 11.8 Å². The molecule has 1 N–H and O–H groups in total. The van der Waals surface area contributed by atoms with Gasteiger partial charge in [-0.25, -0.2) is 4.39 Å². The number of amides is 1. The van der Waals surface area contributed by atoms with Crippen LogP contribution in [0.1, 0.15) is 22.3 Å². The molecule has 0 atom stereocenters. The van der Waals surface area contributed by atoms with Crippen molar-refractivity contribution >= 4 is 5.91 Å². The van der Waals surface area contributed by atoms with E-state index in [0.29, 0.717) is 0 Å². The quantitative estimate of drug-likeness (QED) is 0.687. The summed E-state index contributed by atoms with van der Waals surface area (Å²) in [7, 11) is 1.20. The summed E-state index contributed by atoms with van der Waals surface area (Å²) in [6.07, 6.45) is -5.53. The second-order valence-corrected chi connectivity index (χ2v) is 4.24. The number of halogens is 4. The van der Waals surface area contributed by atoms with E-state index in [1.54, 1.807) is 0 Å². The summed E-state index contributed by atoms with van der Waals surface area (Å²) in [5.74, 6) is 3.31. The summed E-state index contributed by atoms with van der Waals surface area (Å²) in [6, 6.07) is 3.23. The fourth-order valence-corrected chi connectivity index (χ4v) is 1.54. The Hall–Kier alpha value is -2.07. The van der Waals surface area contributed by atoms with Crippen molar-refractivity contribution in [1.82, 2.24) is 4.90 Å². The van der Waals surface area contributed by atoms with Crippen LogP contribution in [0.25, 0.3) is 0 Å². The van der Waals surface area contributed by atoms with Crippen molar-refractivity contribution < 1.29 is 27.5 Å². The number of nitrogens with zero attached hydrogens (tertiary/aromatic N) is 1. The molecule has 0 saturated heterocycles. The summed E-state index contributed by atoms with van der Waals surface area (Å²) in [6.45, 7) is -0.985. The Morgan fingerprint density at radius 2 is 2.05 bits per heavy atom. The highest BCUT2D eigenvalue weighted by atomic mass is 19.4. The van der Waals surface area contributed by atoms with Crippen molar-refractivity contribution in [2.45, 2.75) is 12.6 Å². The zero-order valence-corrected chi connectivity index (χ0v) is 11.2. The molecule has 1 rings (SSSR count). The van der Waals surface area contributed by atoms with E-state index in [1.165, 1.54) is 13.1 Å². The lowest BCUT2D eigenvalue weighted by Crippen LogP contribution is -2.31. The van der Waals surface area contributed by atoms with E-state index in [9.17, 15) is 22.4 Å². The number of hydrogen-bond acceptors (Lipinski definition) is 2. The molecule has 3 nitrogen and oxygen atoms in total. The molecule has 0 bridgehead atoms. The van der Waals surface area contributed by atoms with Crippen LogP contribution < -0.4 is 0 Å². The molecule has 21 heavy (non-hydrogen) atoms. The number of carbonyl (C=O) groups is 1. The maximum atomic E-state index is 13.2. The van der Waals surface area contributed by atoms with Gasteiger partial charge in [0.05, 0.1) is 12.0 Å². The fourth-order valence-electron chi connectivity index (χ4n) is 1.54. The summed E-state index contributed by atoms with van der Waals surface area (Å²) >= 11 is 0. The Morgan fingerprint density at radius 3 is 2.62 bits per heavy atom. The lowest BCUT2D eigenvalue weighted by atomic mass is 10.1.